The lowest BCUT2D eigenvalue weighted by molar-refractivity contribution is 0.302. The fourth-order valence-electron chi connectivity index (χ4n) is 2.88. The van der Waals surface area contributed by atoms with Gasteiger partial charge in [0, 0.05) is 4.88 Å². The van der Waals surface area contributed by atoms with E-state index in [0.717, 1.165) is 60.7 Å². The first-order valence-electron chi connectivity index (χ1n) is 9.26. The van der Waals surface area contributed by atoms with Gasteiger partial charge in [0.2, 0.25) is 0 Å². The van der Waals surface area contributed by atoms with E-state index in [1.165, 1.54) is 19.7 Å². The van der Waals surface area contributed by atoms with Crippen molar-refractivity contribution in [3.63, 3.8) is 0 Å². The first kappa shape index (κ1) is 19.0. The fraction of sp³-hybridized carbons (Fsp3) is 0.364. The van der Waals surface area contributed by atoms with Crippen molar-refractivity contribution in [1.82, 2.24) is 0 Å². The summed E-state index contributed by atoms with van der Waals surface area (Å²) in [6, 6.07) is 4.34. The van der Waals surface area contributed by atoms with E-state index in [1.807, 2.05) is 12.2 Å². The predicted molar refractivity (Wildman–Crippen MR) is 118 cm³/mol. The normalized spacial score (nSPS) is 11.2. The highest BCUT2D eigenvalue weighted by Gasteiger charge is 2.20. The lowest BCUT2D eigenvalue weighted by atomic mass is 10.1. The molecule has 1 aromatic carbocycles. The minimum Gasteiger partial charge on any atom is -0.493 e. The van der Waals surface area contributed by atoms with Gasteiger partial charge < -0.3 is 9.47 Å². The third-order valence-corrected chi connectivity index (χ3v) is 6.77. The largest absolute Gasteiger partial charge is 0.493 e. The highest BCUT2D eigenvalue weighted by atomic mass is 32.1. The van der Waals surface area contributed by atoms with Crippen molar-refractivity contribution in [3.05, 3.63) is 35.0 Å². The Morgan fingerprint density at radius 3 is 2.31 bits per heavy atom. The number of hydrogen-bond donors (Lipinski definition) is 0. The van der Waals surface area contributed by atoms with E-state index in [1.54, 1.807) is 22.7 Å². The van der Waals surface area contributed by atoms with Crippen molar-refractivity contribution in [3.8, 4) is 11.5 Å². The Hall–Kier alpha value is -1.78. The molecule has 0 spiro atoms. The molecule has 0 saturated heterocycles. The zero-order valence-corrected chi connectivity index (χ0v) is 17.2. The summed E-state index contributed by atoms with van der Waals surface area (Å²) in [5.74, 6) is 1.85. The van der Waals surface area contributed by atoms with Crippen LogP contribution in [0, 0.1) is 0 Å². The Balaban J connectivity index is 2.19. The maximum Gasteiger partial charge on any atom is 0.148 e. The van der Waals surface area contributed by atoms with Gasteiger partial charge in [0.25, 0.3) is 0 Å². The molecule has 0 bridgehead atoms. The first-order chi connectivity index (χ1) is 12.7. The van der Waals surface area contributed by atoms with Crippen molar-refractivity contribution >= 4 is 55.0 Å². The van der Waals surface area contributed by atoms with Crippen LogP contribution in [-0.2, 0) is 0 Å². The molecule has 0 saturated carbocycles. The highest BCUT2D eigenvalue weighted by molar-refractivity contribution is 7.28. The van der Waals surface area contributed by atoms with Gasteiger partial charge in [-0.25, -0.2) is 0 Å². The van der Waals surface area contributed by atoms with Crippen molar-refractivity contribution in [2.75, 3.05) is 13.2 Å². The van der Waals surface area contributed by atoms with Gasteiger partial charge in [-0.15, -0.1) is 22.7 Å². The van der Waals surface area contributed by atoms with Crippen LogP contribution in [-0.4, -0.2) is 13.2 Å². The van der Waals surface area contributed by atoms with Crippen LogP contribution in [0.5, 0.6) is 11.5 Å². The Kier molecular flexibility index (Phi) is 6.38. The number of ether oxygens (including phenoxy) is 2. The molecule has 0 atom stereocenters. The van der Waals surface area contributed by atoms with E-state index in [9.17, 15) is 0 Å². The van der Waals surface area contributed by atoms with Crippen LogP contribution in [0.3, 0.4) is 0 Å². The minimum absolute atomic E-state index is 0.720. The van der Waals surface area contributed by atoms with Gasteiger partial charge >= 0.3 is 0 Å². The van der Waals surface area contributed by atoms with Crippen molar-refractivity contribution in [2.24, 2.45) is 0 Å². The second-order valence-electron chi connectivity index (χ2n) is 6.25. The summed E-state index contributed by atoms with van der Waals surface area (Å²) in [5, 5.41) is 2.31. The summed E-state index contributed by atoms with van der Waals surface area (Å²) in [6.45, 7) is 13.7. The average Bonchev–Trinajstić information content (AvgIpc) is 3.23. The SMILES string of the molecule is C=Cc1cc2cc(OCCCC)c3c(OCCCC)c(C=C)sc3c2s1. The first-order valence-corrected chi connectivity index (χ1v) is 10.9. The Labute approximate surface area is 163 Å². The van der Waals surface area contributed by atoms with E-state index in [0.29, 0.717) is 0 Å². The van der Waals surface area contributed by atoms with Crippen molar-refractivity contribution in [2.45, 2.75) is 39.5 Å². The summed E-state index contributed by atoms with van der Waals surface area (Å²) in [5.41, 5.74) is 0. The second kappa shape index (κ2) is 8.74. The highest BCUT2D eigenvalue weighted by Crippen LogP contribution is 2.49. The second-order valence-corrected chi connectivity index (χ2v) is 8.39. The van der Waals surface area contributed by atoms with Gasteiger partial charge in [0.1, 0.15) is 11.5 Å². The maximum atomic E-state index is 6.19. The number of rotatable bonds is 10. The standard InChI is InChI=1S/C22H26O2S2/c1-5-9-11-23-17-14-15-13-16(7-3)25-21(15)22-19(17)20(18(8-4)26-22)24-12-10-6-2/h7-8,13-14H,3-6,9-12H2,1-2H3. The Morgan fingerprint density at radius 1 is 0.923 bits per heavy atom. The van der Waals surface area contributed by atoms with Gasteiger partial charge in [0.15, 0.2) is 0 Å². The number of benzene rings is 1. The molecule has 3 aromatic rings. The van der Waals surface area contributed by atoms with Gasteiger partial charge in [-0.3, -0.25) is 0 Å². The van der Waals surface area contributed by atoms with Crippen LogP contribution >= 0.6 is 22.7 Å². The van der Waals surface area contributed by atoms with Gasteiger partial charge in [0.05, 0.1) is 32.9 Å². The van der Waals surface area contributed by atoms with Crippen LogP contribution in [0.1, 0.15) is 49.3 Å². The van der Waals surface area contributed by atoms with Crippen LogP contribution in [0.25, 0.3) is 32.3 Å². The molecule has 0 aliphatic rings. The number of hydrogen-bond acceptors (Lipinski definition) is 4. The van der Waals surface area contributed by atoms with E-state index in [4.69, 9.17) is 9.47 Å². The molecule has 0 unspecified atom stereocenters. The summed E-state index contributed by atoms with van der Waals surface area (Å²) in [7, 11) is 0. The quantitative estimate of drug-likeness (QED) is 0.331. The third-order valence-electron chi connectivity index (χ3n) is 4.30. The molecule has 2 nitrogen and oxygen atoms in total. The predicted octanol–water partition coefficient (Wildman–Crippen LogP) is 7.76. The Bertz CT molecular complexity index is 917. The van der Waals surface area contributed by atoms with E-state index < -0.39 is 0 Å². The Morgan fingerprint density at radius 2 is 1.65 bits per heavy atom. The van der Waals surface area contributed by atoms with Crippen LogP contribution in [0.4, 0.5) is 0 Å². The van der Waals surface area contributed by atoms with Gasteiger partial charge in [-0.2, -0.15) is 0 Å². The van der Waals surface area contributed by atoms with Gasteiger partial charge in [-0.05, 0) is 36.4 Å². The third kappa shape index (κ3) is 3.67. The van der Waals surface area contributed by atoms with E-state index >= 15 is 0 Å². The molecule has 0 aliphatic heterocycles. The van der Waals surface area contributed by atoms with E-state index in [2.05, 4.69) is 39.1 Å². The van der Waals surface area contributed by atoms with Crippen molar-refractivity contribution in [1.29, 1.82) is 0 Å². The summed E-state index contributed by atoms with van der Waals surface area (Å²) in [6.07, 6.45) is 8.13. The molecule has 26 heavy (non-hydrogen) atoms. The zero-order chi connectivity index (χ0) is 18.5. The van der Waals surface area contributed by atoms with Crippen LogP contribution < -0.4 is 9.47 Å². The lowest BCUT2D eigenvalue weighted by Crippen LogP contribution is -1.99. The molecule has 2 heterocycles. The molecular weight excluding hydrogens is 360 g/mol. The molecule has 0 fully saturated rings. The van der Waals surface area contributed by atoms with Crippen molar-refractivity contribution < 1.29 is 9.47 Å². The molecule has 138 valence electrons. The fourth-order valence-corrected chi connectivity index (χ4v) is 5.13. The molecular formula is C22H26O2S2. The van der Waals surface area contributed by atoms with E-state index in [-0.39, 0.29) is 0 Å². The zero-order valence-electron chi connectivity index (χ0n) is 15.6. The average molecular weight is 387 g/mol. The molecule has 0 radical (unpaired) electrons. The molecule has 2 aromatic heterocycles. The smallest absolute Gasteiger partial charge is 0.148 e. The van der Waals surface area contributed by atoms with Crippen LogP contribution in [0.15, 0.2) is 25.3 Å². The molecule has 3 rings (SSSR count). The number of fused-ring (bicyclic) bond motifs is 3. The summed E-state index contributed by atoms with van der Waals surface area (Å²) in [4.78, 5) is 2.26. The molecule has 4 heteroatoms. The summed E-state index contributed by atoms with van der Waals surface area (Å²) >= 11 is 3.51. The minimum atomic E-state index is 0.720. The van der Waals surface area contributed by atoms with Gasteiger partial charge in [-0.1, -0.05) is 45.9 Å². The number of unbranched alkanes of at least 4 members (excludes halogenated alkanes) is 2. The van der Waals surface area contributed by atoms with Crippen LogP contribution in [0.2, 0.25) is 0 Å². The topological polar surface area (TPSA) is 18.5 Å². The molecule has 0 aliphatic carbocycles. The maximum absolute atomic E-state index is 6.19. The molecule has 0 N–H and O–H groups in total. The number of thiophene rings is 2. The molecule has 0 amide bonds. The monoisotopic (exact) mass is 386 g/mol. The lowest BCUT2D eigenvalue weighted by Gasteiger charge is -2.11. The summed E-state index contributed by atoms with van der Waals surface area (Å²) < 4.78 is 14.9.